The molecule has 4 heterocycles. The van der Waals surface area contributed by atoms with Crippen LogP contribution in [0.3, 0.4) is 0 Å². The fraction of sp³-hybridized carbons (Fsp3) is 0.304. The van der Waals surface area contributed by atoms with Gasteiger partial charge in [0.05, 0.1) is 15.9 Å². The maximum atomic E-state index is 11.6. The van der Waals surface area contributed by atoms with E-state index in [-0.39, 0.29) is 11.8 Å². The number of aromatic nitrogens is 4. The lowest BCUT2D eigenvalue weighted by Crippen LogP contribution is -2.27. The summed E-state index contributed by atoms with van der Waals surface area (Å²) in [6.45, 7) is 5.20. The highest BCUT2D eigenvalue weighted by Crippen LogP contribution is 2.37. The highest BCUT2D eigenvalue weighted by Gasteiger charge is 2.26. The lowest BCUT2D eigenvalue weighted by atomic mass is 10.1. The fourth-order valence-corrected chi connectivity index (χ4v) is 5.17. The van der Waals surface area contributed by atoms with Crippen LogP contribution in [-0.2, 0) is 6.42 Å². The highest BCUT2D eigenvalue weighted by atomic mass is 35.5. The van der Waals surface area contributed by atoms with E-state index in [1.54, 1.807) is 13.1 Å². The molecule has 3 N–H and O–H groups in total. The number of pyridine rings is 1. The molecule has 0 saturated carbocycles. The van der Waals surface area contributed by atoms with Gasteiger partial charge in [-0.2, -0.15) is 0 Å². The summed E-state index contributed by atoms with van der Waals surface area (Å²) in [5, 5.41) is 3.10. The van der Waals surface area contributed by atoms with Gasteiger partial charge in [-0.15, -0.1) is 0 Å². The Morgan fingerprint density at radius 1 is 1.34 bits per heavy atom. The molecule has 0 bridgehead atoms. The molecule has 7 nitrogen and oxygen atoms in total. The number of aromatic amines is 1. The zero-order chi connectivity index (χ0) is 22.4. The molecule has 0 amide bonds. The van der Waals surface area contributed by atoms with Crippen LogP contribution in [-0.4, -0.2) is 44.9 Å². The van der Waals surface area contributed by atoms with Crippen LogP contribution in [0, 0.1) is 0 Å². The van der Waals surface area contributed by atoms with E-state index >= 15 is 0 Å². The zero-order valence-electron chi connectivity index (χ0n) is 17.9. The number of hydrogen-bond acceptors (Lipinski definition) is 7. The molecule has 1 aliphatic rings. The molecular weight excluding hydrogens is 444 g/mol. The van der Waals surface area contributed by atoms with E-state index in [1.807, 2.05) is 24.3 Å². The molecular formula is C23H23ClN6OS. The molecule has 3 aromatic heterocycles. The number of hydrogen-bond donors (Lipinski definition) is 2. The number of fused-ring (bicyclic) bond motifs is 2. The van der Waals surface area contributed by atoms with Gasteiger partial charge in [0.15, 0.2) is 10.9 Å². The fourth-order valence-electron chi connectivity index (χ4n) is 4.03. The lowest BCUT2D eigenvalue weighted by Gasteiger charge is -2.18. The molecule has 0 radical (unpaired) electrons. The van der Waals surface area contributed by atoms with E-state index in [0.29, 0.717) is 15.7 Å². The summed E-state index contributed by atoms with van der Waals surface area (Å²) in [5.41, 5.74) is 9.29. The van der Waals surface area contributed by atoms with Gasteiger partial charge in [-0.25, -0.2) is 9.97 Å². The molecule has 0 unspecified atom stereocenters. The third kappa shape index (κ3) is 3.83. The largest absolute Gasteiger partial charge is 0.354 e. The van der Waals surface area contributed by atoms with Crippen LogP contribution in [0.25, 0.3) is 21.9 Å². The van der Waals surface area contributed by atoms with Crippen LogP contribution in [0.2, 0.25) is 5.02 Å². The Bertz CT molecular complexity index is 1350. The molecule has 1 atom stereocenters. The number of Topliss-reactive ketones (excluding diaryl/α,β-unsaturated/α-hetero) is 1. The number of halogens is 1. The van der Waals surface area contributed by atoms with Crippen LogP contribution in [0.15, 0.2) is 40.5 Å². The minimum atomic E-state index is 0.00442. The number of nitrogens with zero attached hydrogens (tertiary/aromatic N) is 4. The number of H-pyrrole nitrogens is 1. The Hall–Kier alpha value is -2.68. The van der Waals surface area contributed by atoms with Crippen molar-refractivity contribution in [2.24, 2.45) is 5.73 Å². The second-order valence-corrected chi connectivity index (χ2v) is 9.47. The Balaban J connectivity index is 1.55. The van der Waals surface area contributed by atoms with Crippen LogP contribution >= 0.6 is 23.4 Å². The molecule has 4 aromatic rings. The summed E-state index contributed by atoms with van der Waals surface area (Å²) in [6.07, 6.45) is 3.33. The van der Waals surface area contributed by atoms with Gasteiger partial charge in [-0.05, 0) is 49.7 Å². The van der Waals surface area contributed by atoms with Gasteiger partial charge in [0.2, 0.25) is 0 Å². The van der Waals surface area contributed by atoms with Crippen molar-refractivity contribution in [1.29, 1.82) is 0 Å². The average molecular weight is 467 g/mol. The summed E-state index contributed by atoms with van der Waals surface area (Å²) in [7, 11) is 0. The molecule has 9 heteroatoms. The summed E-state index contributed by atoms with van der Waals surface area (Å²) < 4.78 is 0. The van der Waals surface area contributed by atoms with Gasteiger partial charge in [0, 0.05) is 46.9 Å². The second-order valence-electron chi connectivity index (χ2n) is 8.06. The molecule has 0 spiro atoms. The number of nitrogens with one attached hydrogen (secondary N) is 1. The van der Waals surface area contributed by atoms with Gasteiger partial charge in [0.1, 0.15) is 11.5 Å². The normalized spacial score (nSPS) is 16.4. The zero-order valence-corrected chi connectivity index (χ0v) is 19.4. The number of benzene rings is 1. The highest BCUT2D eigenvalue weighted by molar-refractivity contribution is 7.99. The summed E-state index contributed by atoms with van der Waals surface area (Å²) in [6, 6.07) is 7.95. The monoisotopic (exact) mass is 466 g/mol. The molecule has 1 aromatic carbocycles. The van der Waals surface area contributed by atoms with Crippen LogP contribution in [0.4, 0.5) is 5.82 Å². The van der Waals surface area contributed by atoms with Crippen molar-refractivity contribution in [3.05, 3.63) is 46.7 Å². The molecule has 5 rings (SSSR count). The van der Waals surface area contributed by atoms with E-state index in [4.69, 9.17) is 27.3 Å². The van der Waals surface area contributed by atoms with E-state index in [9.17, 15) is 4.79 Å². The molecule has 1 aliphatic heterocycles. The lowest BCUT2D eigenvalue weighted by molar-refractivity contribution is 0.101. The van der Waals surface area contributed by atoms with Crippen LogP contribution < -0.4 is 10.6 Å². The van der Waals surface area contributed by atoms with Crippen molar-refractivity contribution in [2.75, 3.05) is 18.0 Å². The predicted molar refractivity (Wildman–Crippen MR) is 129 cm³/mol. The van der Waals surface area contributed by atoms with Gasteiger partial charge in [-0.3, -0.25) is 9.78 Å². The minimum Gasteiger partial charge on any atom is -0.354 e. The molecule has 32 heavy (non-hydrogen) atoms. The Morgan fingerprint density at radius 3 is 2.91 bits per heavy atom. The molecule has 1 saturated heterocycles. The Labute approximate surface area is 194 Å². The topological polar surface area (TPSA) is 101 Å². The molecule has 1 fully saturated rings. The Kier molecular flexibility index (Phi) is 5.53. The van der Waals surface area contributed by atoms with E-state index < -0.39 is 0 Å². The third-order valence-electron chi connectivity index (χ3n) is 5.77. The standard InChI is InChI=1S/C23H23ClN6OS/c1-3-17-20(24)19-21(27-17)28-23(29-22(19)30-7-6-15(25)11-30)32-16-5-4-13-8-14(12(2)31)10-26-18(13)9-16/h4-5,8-10,15H,3,6-7,11,25H2,1-2H3,(H,27,28,29)/t15-/m0/s1. The smallest absolute Gasteiger partial charge is 0.196 e. The average Bonchev–Trinajstić information content (AvgIpc) is 3.35. The first kappa shape index (κ1) is 21.2. The summed E-state index contributed by atoms with van der Waals surface area (Å²) in [5.74, 6) is 0.834. The minimum absolute atomic E-state index is 0.00442. The van der Waals surface area contributed by atoms with Gasteiger partial charge < -0.3 is 15.6 Å². The maximum Gasteiger partial charge on any atom is 0.196 e. The first-order valence-electron chi connectivity index (χ1n) is 10.6. The van der Waals surface area contributed by atoms with Crippen LogP contribution in [0.1, 0.15) is 36.3 Å². The van der Waals surface area contributed by atoms with Crippen molar-refractivity contribution >= 4 is 56.9 Å². The second kappa shape index (κ2) is 8.35. The van der Waals surface area contributed by atoms with E-state index in [1.165, 1.54) is 11.8 Å². The van der Waals surface area contributed by atoms with Crippen molar-refractivity contribution in [3.63, 3.8) is 0 Å². The third-order valence-corrected chi connectivity index (χ3v) is 7.04. The number of carbonyl (C=O) groups is 1. The summed E-state index contributed by atoms with van der Waals surface area (Å²) in [4.78, 5) is 32.3. The van der Waals surface area contributed by atoms with Crippen molar-refractivity contribution in [2.45, 2.75) is 42.8 Å². The van der Waals surface area contributed by atoms with Crippen molar-refractivity contribution in [1.82, 2.24) is 19.9 Å². The van der Waals surface area contributed by atoms with Crippen molar-refractivity contribution < 1.29 is 4.79 Å². The van der Waals surface area contributed by atoms with Gasteiger partial charge in [0.25, 0.3) is 0 Å². The first-order valence-corrected chi connectivity index (χ1v) is 11.8. The Morgan fingerprint density at radius 2 is 2.19 bits per heavy atom. The van der Waals surface area contributed by atoms with Crippen molar-refractivity contribution in [3.8, 4) is 0 Å². The number of ketones is 1. The SMILES string of the molecule is CCc1[nH]c2nc(Sc3ccc4cc(C(C)=O)cnc4c3)nc(N3CC[C@H](N)C3)c2c1Cl. The number of anilines is 1. The quantitative estimate of drug-likeness (QED) is 0.327. The van der Waals surface area contributed by atoms with E-state index in [2.05, 4.69) is 21.8 Å². The van der Waals surface area contributed by atoms with E-state index in [0.717, 1.165) is 64.3 Å². The van der Waals surface area contributed by atoms with Crippen LogP contribution in [0.5, 0.6) is 0 Å². The number of carbonyl (C=O) groups excluding carboxylic acids is 1. The molecule has 0 aliphatic carbocycles. The number of rotatable bonds is 5. The number of aryl methyl sites for hydroxylation is 1. The predicted octanol–water partition coefficient (Wildman–Crippen LogP) is 4.61. The van der Waals surface area contributed by atoms with Gasteiger partial charge >= 0.3 is 0 Å². The van der Waals surface area contributed by atoms with Gasteiger partial charge in [-0.1, -0.05) is 24.6 Å². The number of nitrogens with two attached hydrogens (primary N) is 1. The maximum absolute atomic E-state index is 11.6. The first-order chi connectivity index (χ1) is 15.4. The summed E-state index contributed by atoms with van der Waals surface area (Å²) >= 11 is 8.16. The molecule has 164 valence electrons.